The Morgan fingerprint density at radius 2 is 2.33 bits per heavy atom. The Hall–Kier alpha value is -0.580. The van der Waals surface area contributed by atoms with Gasteiger partial charge in [0.15, 0.2) is 0 Å². The van der Waals surface area contributed by atoms with Crippen LogP contribution in [0.5, 0.6) is 0 Å². The van der Waals surface area contributed by atoms with E-state index in [0.29, 0.717) is 12.0 Å². The third-order valence-corrected chi connectivity index (χ3v) is 4.97. The number of fused-ring (bicyclic) bond motifs is 2. The minimum atomic E-state index is 0.241. The van der Waals surface area contributed by atoms with Crippen LogP contribution in [0.25, 0.3) is 0 Å². The maximum atomic E-state index is 9.77. The molecule has 3 atom stereocenters. The first-order valence-electron chi connectivity index (χ1n) is 6.56. The molecule has 0 radical (unpaired) electrons. The molecule has 0 amide bonds. The lowest BCUT2D eigenvalue weighted by Crippen LogP contribution is -2.54. The smallest absolute Gasteiger partial charge is 0.0504 e. The van der Waals surface area contributed by atoms with Crippen molar-refractivity contribution in [1.82, 2.24) is 5.32 Å². The molecule has 1 aromatic carbocycles. The molecule has 1 aromatic rings. The van der Waals surface area contributed by atoms with E-state index in [2.05, 4.69) is 51.4 Å². The number of piperidine rings is 1. The third kappa shape index (κ3) is 1.87. The van der Waals surface area contributed by atoms with Crippen molar-refractivity contribution in [1.29, 1.82) is 0 Å². The van der Waals surface area contributed by atoms with E-state index in [1.165, 1.54) is 11.3 Å². The number of benzene rings is 1. The fraction of sp³-hybridized carbons (Fsp3) is 0.571. The highest BCUT2D eigenvalue weighted by Gasteiger charge is 2.40. The fourth-order valence-electron chi connectivity index (χ4n) is 3.54. The van der Waals surface area contributed by atoms with E-state index in [-0.39, 0.29) is 12.5 Å². The van der Waals surface area contributed by atoms with E-state index >= 15 is 0 Å². The summed E-state index contributed by atoms with van der Waals surface area (Å²) in [5.41, 5.74) is 2.56. The summed E-state index contributed by atoms with van der Waals surface area (Å²) in [5.74, 6) is 0.782. The number of hydrogen-bond donors (Lipinski definition) is 2. The standard InChI is InChI=1S/C14H19BrN2O/c1-17-13-4-5-16-7-11(13)12(8-18)10-3-2-9(15)6-14(10)17/h2-3,6,11-13,16,18H,4-5,7-8H2,1H3. The van der Waals surface area contributed by atoms with Crippen LogP contribution in [0, 0.1) is 5.92 Å². The second kappa shape index (κ2) is 4.83. The van der Waals surface area contributed by atoms with E-state index in [0.717, 1.165) is 24.0 Å². The Morgan fingerprint density at radius 1 is 1.50 bits per heavy atom. The third-order valence-electron chi connectivity index (χ3n) is 4.47. The first-order valence-corrected chi connectivity index (χ1v) is 7.35. The van der Waals surface area contributed by atoms with Gasteiger partial charge in [0.1, 0.15) is 0 Å². The molecule has 1 fully saturated rings. The van der Waals surface area contributed by atoms with Crippen LogP contribution in [0.1, 0.15) is 17.9 Å². The number of aliphatic hydroxyl groups is 1. The summed E-state index contributed by atoms with van der Waals surface area (Å²) in [5, 5.41) is 13.2. The molecule has 0 spiro atoms. The van der Waals surface area contributed by atoms with E-state index in [1.807, 2.05) is 0 Å². The van der Waals surface area contributed by atoms with E-state index in [4.69, 9.17) is 0 Å². The Morgan fingerprint density at radius 3 is 3.11 bits per heavy atom. The number of nitrogens with one attached hydrogen (secondary N) is 1. The zero-order valence-corrected chi connectivity index (χ0v) is 12.2. The number of rotatable bonds is 1. The second-order valence-electron chi connectivity index (χ2n) is 5.33. The van der Waals surface area contributed by atoms with E-state index in [9.17, 15) is 5.11 Å². The largest absolute Gasteiger partial charge is 0.396 e. The number of hydrogen-bond acceptors (Lipinski definition) is 3. The zero-order chi connectivity index (χ0) is 12.7. The Labute approximate surface area is 116 Å². The highest BCUT2D eigenvalue weighted by Crippen LogP contribution is 2.43. The summed E-state index contributed by atoms with van der Waals surface area (Å²) >= 11 is 3.55. The number of halogens is 1. The predicted octanol–water partition coefficient (Wildman–Crippen LogP) is 1.95. The number of anilines is 1. The van der Waals surface area contributed by atoms with Crippen LogP contribution < -0.4 is 10.2 Å². The molecule has 3 unspecified atom stereocenters. The lowest BCUT2D eigenvalue weighted by atomic mass is 9.74. The van der Waals surface area contributed by atoms with Gasteiger partial charge >= 0.3 is 0 Å². The van der Waals surface area contributed by atoms with Gasteiger partial charge in [-0.25, -0.2) is 0 Å². The topological polar surface area (TPSA) is 35.5 Å². The molecule has 0 aliphatic carbocycles. The normalized spacial score (nSPS) is 30.8. The molecule has 98 valence electrons. The van der Waals surface area contributed by atoms with Crippen LogP contribution >= 0.6 is 15.9 Å². The molecule has 0 saturated carbocycles. The SMILES string of the molecule is CN1c2cc(Br)ccc2C(CO)C2CNCCC21. The molecule has 0 bridgehead atoms. The van der Waals surface area contributed by atoms with Gasteiger partial charge in [0.25, 0.3) is 0 Å². The van der Waals surface area contributed by atoms with E-state index < -0.39 is 0 Å². The van der Waals surface area contributed by atoms with Gasteiger partial charge in [-0.15, -0.1) is 0 Å². The van der Waals surface area contributed by atoms with Gasteiger partial charge < -0.3 is 15.3 Å². The van der Waals surface area contributed by atoms with Crippen LogP contribution in [0.2, 0.25) is 0 Å². The van der Waals surface area contributed by atoms with Gasteiger partial charge in [0.2, 0.25) is 0 Å². The van der Waals surface area contributed by atoms with Crippen molar-refractivity contribution in [3.05, 3.63) is 28.2 Å². The van der Waals surface area contributed by atoms with Crippen molar-refractivity contribution in [2.75, 3.05) is 31.6 Å². The maximum Gasteiger partial charge on any atom is 0.0504 e. The molecule has 18 heavy (non-hydrogen) atoms. The molecule has 2 N–H and O–H groups in total. The van der Waals surface area contributed by atoms with Crippen molar-refractivity contribution in [3.63, 3.8) is 0 Å². The highest BCUT2D eigenvalue weighted by atomic mass is 79.9. The molecular weight excluding hydrogens is 292 g/mol. The fourth-order valence-corrected chi connectivity index (χ4v) is 3.89. The second-order valence-corrected chi connectivity index (χ2v) is 6.24. The van der Waals surface area contributed by atoms with Gasteiger partial charge in [0, 0.05) is 41.6 Å². The Kier molecular flexibility index (Phi) is 3.34. The quantitative estimate of drug-likeness (QED) is 0.832. The van der Waals surface area contributed by atoms with Crippen molar-refractivity contribution in [2.24, 2.45) is 5.92 Å². The Bertz CT molecular complexity index is 451. The van der Waals surface area contributed by atoms with Crippen molar-refractivity contribution in [3.8, 4) is 0 Å². The molecule has 4 heteroatoms. The van der Waals surface area contributed by atoms with Crippen LogP contribution in [-0.4, -0.2) is 37.9 Å². The van der Waals surface area contributed by atoms with Crippen molar-refractivity contribution in [2.45, 2.75) is 18.4 Å². The maximum absolute atomic E-state index is 9.77. The van der Waals surface area contributed by atoms with Gasteiger partial charge in [-0.05, 0) is 30.7 Å². The lowest BCUT2D eigenvalue weighted by molar-refractivity contribution is 0.178. The summed E-state index contributed by atoms with van der Waals surface area (Å²) in [6.07, 6.45) is 1.16. The number of aliphatic hydroxyl groups excluding tert-OH is 1. The minimum absolute atomic E-state index is 0.241. The average Bonchev–Trinajstić information content (AvgIpc) is 2.40. The summed E-state index contributed by atoms with van der Waals surface area (Å²) in [6.45, 7) is 2.33. The molecule has 2 aliphatic heterocycles. The molecular formula is C14H19BrN2O. The highest BCUT2D eigenvalue weighted by molar-refractivity contribution is 9.10. The first-order chi connectivity index (χ1) is 8.72. The van der Waals surface area contributed by atoms with Gasteiger partial charge in [0.05, 0.1) is 6.61 Å². The van der Waals surface area contributed by atoms with Crippen molar-refractivity contribution < 1.29 is 5.11 Å². The summed E-state index contributed by atoms with van der Waals surface area (Å²) in [4.78, 5) is 2.40. The van der Waals surface area contributed by atoms with Crippen molar-refractivity contribution >= 4 is 21.6 Å². The van der Waals surface area contributed by atoms with Gasteiger partial charge in [-0.3, -0.25) is 0 Å². The molecule has 3 rings (SSSR count). The first kappa shape index (κ1) is 12.5. The molecule has 2 heterocycles. The predicted molar refractivity (Wildman–Crippen MR) is 77.1 cm³/mol. The van der Waals surface area contributed by atoms with Crippen LogP contribution in [-0.2, 0) is 0 Å². The Balaban J connectivity index is 2.08. The van der Waals surface area contributed by atoms with Gasteiger partial charge in [-0.2, -0.15) is 0 Å². The summed E-state index contributed by atoms with van der Waals surface area (Å²) in [6, 6.07) is 6.95. The lowest BCUT2D eigenvalue weighted by Gasteiger charge is -2.48. The molecule has 1 saturated heterocycles. The summed E-state index contributed by atoms with van der Waals surface area (Å²) < 4.78 is 1.11. The molecule has 0 aromatic heterocycles. The number of nitrogens with zero attached hydrogens (tertiary/aromatic N) is 1. The molecule has 2 aliphatic rings. The van der Waals surface area contributed by atoms with E-state index in [1.54, 1.807) is 0 Å². The monoisotopic (exact) mass is 310 g/mol. The van der Waals surface area contributed by atoms with Crippen LogP contribution in [0.15, 0.2) is 22.7 Å². The van der Waals surface area contributed by atoms with Crippen LogP contribution in [0.4, 0.5) is 5.69 Å². The average molecular weight is 311 g/mol. The summed E-state index contributed by atoms with van der Waals surface area (Å²) in [7, 11) is 2.18. The molecule has 3 nitrogen and oxygen atoms in total. The van der Waals surface area contributed by atoms with Crippen LogP contribution in [0.3, 0.4) is 0 Å². The van der Waals surface area contributed by atoms with Gasteiger partial charge in [-0.1, -0.05) is 22.0 Å². The minimum Gasteiger partial charge on any atom is -0.396 e. The zero-order valence-electron chi connectivity index (χ0n) is 10.6.